The second kappa shape index (κ2) is 5.00. The SMILES string of the molecule is CC(C=O)CC1CCCC1NC=O. The lowest BCUT2D eigenvalue weighted by molar-refractivity contribution is -0.111. The highest BCUT2D eigenvalue weighted by atomic mass is 16.1. The molecule has 1 aliphatic carbocycles. The third-order valence-corrected chi connectivity index (χ3v) is 2.85. The molecule has 0 radical (unpaired) electrons. The number of carbonyl (C=O) groups is 2. The topological polar surface area (TPSA) is 46.2 Å². The maximum atomic E-state index is 10.5. The Kier molecular flexibility index (Phi) is 3.93. The monoisotopic (exact) mass is 183 g/mol. The Labute approximate surface area is 78.9 Å². The maximum absolute atomic E-state index is 10.5. The highest BCUT2D eigenvalue weighted by molar-refractivity contribution is 5.52. The molecule has 3 unspecified atom stereocenters. The van der Waals surface area contributed by atoms with Crippen molar-refractivity contribution in [3.8, 4) is 0 Å². The number of nitrogens with one attached hydrogen (secondary N) is 1. The summed E-state index contributed by atoms with van der Waals surface area (Å²) in [6.07, 6.45) is 6.06. The summed E-state index contributed by atoms with van der Waals surface area (Å²) < 4.78 is 0. The largest absolute Gasteiger partial charge is 0.356 e. The molecule has 1 amide bonds. The summed E-state index contributed by atoms with van der Waals surface area (Å²) in [7, 11) is 0. The molecule has 1 N–H and O–H groups in total. The summed E-state index contributed by atoms with van der Waals surface area (Å²) in [5.41, 5.74) is 0. The van der Waals surface area contributed by atoms with Crippen molar-refractivity contribution in [3.63, 3.8) is 0 Å². The predicted molar refractivity (Wildman–Crippen MR) is 50.2 cm³/mol. The van der Waals surface area contributed by atoms with Crippen molar-refractivity contribution in [1.82, 2.24) is 5.32 Å². The summed E-state index contributed by atoms with van der Waals surface area (Å²) in [5.74, 6) is 0.629. The van der Waals surface area contributed by atoms with Gasteiger partial charge in [0.15, 0.2) is 0 Å². The van der Waals surface area contributed by atoms with Crippen molar-refractivity contribution in [1.29, 1.82) is 0 Å². The van der Waals surface area contributed by atoms with Gasteiger partial charge < -0.3 is 10.1 Å². The summed E-state index contributed by atoms with van der Waals surface area (Å²) in [4.78, 5) is 20.7. The summed E-state index contributed by atoms with van der Waals surface area (Å²) in [6.45, 7) is 1.93. The highest BCUT2D eigenvalue weighted by Gasteiger charge is 2.27. The van der Waals surface area contributed by atoms with Crippen molar-refractivity contribution in [2.75, 3.05) is 0 Å². The van der Waals surface area contributed by atoms with E-state index in [0.717, 1.165) is 32.0 Å². The molecule has 1 rings (SSSR count). The van der Waals surface area contributed by atoms with Crippen molar-refractivity contribution in [2.24, 2.45) is 11.8 Å². The van der Waals surface area contributed by atoms with Gasteiger partial charge in [-0.15, -0.1) is 0 Å². The lowest BCUT2D eigenvalue weighted by atomic mass is 9.92. The lowest BCUT2D eigenvalue weighted by Crippen LogP contribution is -2.32. The molecule has 0 aromatic rings. The van der Waals surface area contributed by atoms with Crippen LogP contribution in [0.4, 0.5) is 0 Å². The third kappa shape index (κ3) is 2.83. The van der Waals surface area contributed by atoms with Gasteiger partial charge in [-0.1, -0.05) is 13.3 Å². The van der Waals surface area contributed by atoms with E-state index in [4.69, 9.17) is 0 Å². The van der Waals surface area contributed by atoms with E-state index in [0.29, 0.717) is 12.0 Å². The molecule has 0 aliphatic heterocycles. The van der Waals surface area contributed by atoms with E-state index in [1.54, 1.807) is 0 Å². The molecule has 0 spiro atoms. The van der Waals surface area contributed by atoms with Crippen molar-refractivity contribution >= 4 is 12.7 Å². The molecule has 3 atom stereocenters. The number of hydrogen-bond acceptors (Lipinski definition) is 2. The zero-order chi connectivity index (χ0) is 9.68. The van der Waals surface area contributed by atoms with Crippen LogP contribution in [0.25, 0.3) is 0 Å². The second-order valence-electron chi connectivity index (χ2n) is 3.93. The van der Waals surface area contributed by atoms with Gasteiger partial charge in [0.1, 0.15) is 6.29 Å². The van der Waals surface area contributed by atoms with Crippen LogP contribution in [0.5, 0.6) is 0 Å². The van der Waals surface area contributed by atoms with Crippen LogP contribution in [-0.2, 0) is 9.59 Å². The molecule has 0 saturated heterocycles. The lowest BCUT2D eigenvalue weighted by Gasteiger charge is -2.19. The van der Waals surface area contributed by atoms with Crippen LogP contribution in [0.1, 0.15) is 32.6 Å². The molecule has 13 heavy (non-hydrogen) atoms. The van der Waals surface area contributed by atoms with Crippen LogP contribution in [0, 0.1) is 11.8 Å². The maximum Gasteiger partial charge on any atom is 0.207 e. The van der Waals surface area contributed by atoms with E-state index < -0.39 is 0 Å². The molecule has 1 aliphatic rings. The number of aldehydes is 1. The van der Waals surface area contributed by atoms with Crippen molar-refractivity contribution < 1.29 is 9.59 Å². The Morgan fingerprint density at radius 1 is 1.46 bits per heavy atom. The fraction of sp³-hybridized carbons (Fsp3) is 0.800. The summed E-state index contributed by atoms with van der Waals surface area (Å²) >= 11 is 0. The first-order chi connectivity index (χ1) is 6.27. The molecule has 74 valence electrons. The van der Waals surface area contributed by atoms with Gasteiger partial charge in [0, 0.05) is 12.0 Å². The zero-order valence-electron chi connectivity index (χ0n) is 8.03. The Morgan fingerprint density at radius 3 is 2.85 bits per heavy atom. The average Bonchev–Trinajstić information content (AvgIpc) is 2.54. The molecule has 1 fully saturated rings. The second-order valence-corrected chi connectivity index (χ2v) is 3.93. The predicted octanol–water partition coefficient (Wildman–Crippen LogP) is 1.13. The van der Waals surface area contributed by atoms with Crippen LogP contribution in [-0.4, -0.2) is 18.7 Å². The molecule has 0 heterocycles. The number of rotatable bonds is 5. The van der Waals surface area contributed by atoms with Gasteiger partial charge in [-0.2, -0.15) is 0 Å². The molecule has 3 nitrogen and oxygen atoms in total. The zero-order valence-corrected chi connectivity index (χ0v) is 8.03. The van der Waals surface area contributed by atoms with Gasteiger partial charge in [-0.25, -0.2) is 0 Å². The van der Waals surface area contributed by atoms with Crippen molar-refractivity contribution in [2.45, 2.75) is 38.6 Å². The van der Waals surface area contributed by atoms with Gasteiger partial charge in [-0.05, 0) is 25.2 Å². The Balaban J connectivity index is 2.38. The van der Waals surface area contributed by atoms with Crippen LogP contribution in [0.2, 0.25) is 0 Å². The highest BCUT2D eigenvalue weighted by Crippen LogP contribution is 2.30. The van der Waals surface area contributed by atoms with Crippen LogP contribution >= 0.6 is 0 Å². The van der Waals surface area contributed by atoms with Crippen LogP contribution in [0.3, 0.4) is 0 Å². The minimum absolute atomic E-state index is 0.124. The van der Waals surface area contributed by atoms with Gasteiger partial charge in [-0.3, -0.25) is 4.79 Å². The fourth-order valence-corrected chi connectivity index (χ4v) is 2.16. The normalized spacial score (nSPS) is 29.6. The van der Waals surface area contributed by atoms with E-state index in [1.165, 1.54) is 6.42 Å². The fourth-order valence-electron chi connectivity index (χ4n) is 2.16. The smallest absolute Gasteiger partial charge is 0.207 e. The first kappa shape index (κ1) is 10.2. The van der Waals surface area contributed by atoms with Gasteiger partial charge in [0.05, 0.1) is 0 Å². The van der Waals surface area contributed by atoms with Gasteiger partial charge in [0.25, 0.3) is 0 Å². The Hall–Kier alpha value is -0.860. The standard InChI is InChI=1S/C10H17NO2/c1-8(6-12)5-9-3-2-4-10(9)11-7-13/h6-10H,2-5H2,1H3,(H,11,13). The van der Waals surface area contributed by atoms with E-state index in [1.807, 2.05) is 6.92 Å². The first-order valence-electron chi connectivity index (χ1n) is 4.93. The van der Waals surface area contributed by atoms with Crippen LogP contribution < -0.4 is 5.32 Å². The number of hydrogen-bond donors (Lipinski definition) is 1. The number of carbonyl (C=O) groups excluding carboxylic acids is 2. The third-order valence-electron chi connectivity index (χ3n) is 2.85. The Morgan fingerprint density at radius 2 is 2.23 bits per heavy atom. The molecular formula is C10H17NO2. The van der Waals surface area contributed by atoms with Gasteiger partial charge >= 0.3 is 0 Å². The molecule has 1 saturated carbocycles. The number of amides is 1. The van der Waals surface area contributed by atoms with Crippen molar-refractivity contribution in [3.05, 3.63) is 0 Å². The molecule has 3 heteroatoms. The van der Waals surface area contributed by atoms with E-state index in [2.05, 4.69) is 5.32 Å². The van der Waals surface area contributed by atoms with Crippen LogP contribution in [0.15, 0.2) is 0 Å². The van der Waals surface area contributed by atoms with E-state index >= 15 is 0 Å². The average molecular weight is 183 g/mol. The minimum atomic E-state index is 0.124. The summed E-state index contributed by atoms with van der Waals surface area (Å²) in [5, 5.41) is 2.83. The molecule has 0 aromatic heterocycles. The first-order valence-corrected chi connectivity index (χ1v) is 4.93. The molecule has 0 aromatic carbocycles. The Bertz CT molecular complexity index is 182. The quantitative estimate of drug-likeness (QED) is 0.649. The molecule has 0 bridgehead atoms. The van der Waals surface area contributed by atoms with Gasteiger partial charge in [0.2, 0.25) is 6.41 Å². The molecular weight excluding hydrogens is 166 g/mol. The van der Waals surface area contributed by atoms with E-state index in [9.17, 15) is 9.59 Å². The van der Waals surface area contributed by atoms with E-state index in [-0.39, 0.29) is 5.92 Å². The minimum Gasteiger partial charge on any atom is -0.356 e. The summed E-state index contributed by atoms with van der Waals surface area (Å²) in [6, 6.07) is 0.305.